The highest BCUT2D eigenvalue weighted by atomic mass is 16.5. The molecule has 1 heterocycles. The van der Waals surface area contributed by atoms with Gasteiger partial charge < -0.3 is 14.8 Å². The van der Waals surface area contributed by atoms with Gasteiger partial charge in [0.05, 0.1) is 24.1 Å². The molecule has 1 aromatic heterocycles. The van der Waals surface area contributed by atoms with Gasteiger partial charge in [-0.3, -0.25) is 9.59 Å². The maximum atomic E-state index is 12.2. The molecule has 0 aliphatic heterocycles. The molecule has 0 aliphatic rings. The third kappa shape index (κ3) is 5.43. The zero-order chi connectivity index (χ0) is 21.6. The number of aromatic nitrogens is 2. The van der Waals surface area contributed by atoms with E-state index in [2.05, 4.69) is 10.4 Å². The molecule has 2 rings (SSSR count). The summed E-state index contributed by atoms with van der Waals surface area (Å²) in [5.41, 5.74) is 3.88. The zero-order valence-electron chi connectivity index (χ0n) is 17.4. The van der Waals surface area contributed by atoms with E-state index in [4.69, 9.17) is 9.47 Å². The summed E-state index contributed by atoms with van der Waals surface area (Å²) in [6, 6.07) is 6.78. The Morgan fingerprint density at radius 2 is 1.83 bits per heavy atom. The Hall–Kier alpha value is -3.16. The summed E-state index contributed by atoms with van der Waals surface area (Å²) in [5.74, 6) is -1.16. The van der Waals surface area contributed by atoms with Gasteiger partial charge in [-0.25, -0.2) is 9.48 Å². The lowest BCUT2D eigenvalue weighted by atomic mass is 10.1. The lowest BCUT2D eigenvalue weighted by Crippen LogP contribution is -2.35. The average Bonchev–Trinajstić information content (AvgIpc) is 2.99. The molecule has 1 unspecified atom stereocenters. The van der Waals surface area contributed by atoms with Crippen molar-refractivity contribution in [2.75, 3.05) is 13.7 Å². The molecule has 8 nitrogen and oxygen atoms in total. The summed E-state index contributed by atoms with van der Waals surface area (Å²) < 4.78 is 11.7. The Labute approximate surface area is 170 Å². The van der Waals surface area contributed by atoms with Gasteiger partial charge in [-0.05, 0) is 63.9 Å². The number of esters is 2. The van der Waals surface area contributed by atoms with Crippen LogP contribution in [-0.2, 0) is 25.5 Å². The number of hydrogen-bond acceptors (Lipinski definition) is 6. The van der Waals surface area contributed by atoms with Gasteiger partial charge >= 0.3 is 11.9 Å². The third-order valence-electron chi connectivity index (χ3n) is 4.60. The first-order valence-corrected chi connectivity index (χ1v) is 9.49. The fourth-order valence-corrected chi connectivity index (χ4v) is 2.96. The van der Waals surface area contributed by atoms with Crippen LogP contribution >= 0.6 is 0 Å². The number of methoxy groups -OCH3 is 1. The van der Waals surface area contributed by atoms with E-state index in [1.165, 1.54) is 14.0 Å². The molecule has 29 heavy (non-hydrogen) atoms. The quantitative estimate of drug-likeness (QED) is 0.681. The zero-order valence-corrected chi connectivity index (χ0v) is 17.4. The number of benzene rings is 1. The van der Waals surface area contributed by atoms with Gasteiger partial charge in [-0.15, -0.1) is 0 Å². The van der Waals surface area contributed by atoms with Crippen molar-refractivity contribution in [1.29, 1.82) is 0 Å². The van der Waals surface area contributed by atoms with Gasteiger partial charge in [0.15, 0.2) is 6.10 Å². The highest BCUT2D eigenvalue weighted by Crippen LogP contribution is 2.20. The van der Waals surface area contributed by atoms with Crippen LogP contribution in [0.3, 0.4) is 0 Å². The first kappa shape index (κ1) is 22.1. The predicted octanol–water partition coefficient (Wildman–Crippen LogP) is 2.28. The topological polar surface area (TPSA) is 99.5 Å². The van der Waals surface area contributed by atoms with E-state index in [1.807, 2.05) is 13.8 Å². The second-order valence-electron chi connectivity index (χ2n) is 6.63. The van der Waals surface area contributed by atoms with Crippen LogP contribution < -0.4 is 5.32 Å². The third-order valence-corrected chi connectivity index (χ3v) is 4.60. The summed E-state index contributed by atoms with van der Waals surface area (Å²) in [4.78, 5) is 35.4. The van der Waals surface area contributed by atoms with Gasteiger partial charge in [0, 0.05) is 18.7 Å². The van der Waals surface area contributed by atoms with E-state index in [-0.39, 0.29) is 11.9 Å². The molecular formula is C21H27N3O5. The Balaban J connectivity index is 2.13. The number of rotatable bonds is 8. The summed E-state index contributed by atoms with van der Waals surface area (Å²) in [7, 11) is 1.37. The molecule has 1 N–H and O–H groups in total. The minimum Gasteiger partial charge on any atom is -0.469 e. The first-order valence-electron chi connectivity index (χ1n) is 9.49. The van der Waals surface area contributed by atoms with Crippen LogP contribution in [0.2, 0.25) is 0 Å². The number of aryl methyl sites for hydroxylation is 1. The number of hydrogen-bond donors (Lipinski definition) is 1. The van der Waals surface area contributed by atoms with Crippen LogP contribution in [-0.4, -0.2) is 47.4 Å². The fraction of sp³-hybridized carbons (Fsp3) is 0.429. The SMILES string of the molecule is CCNC(=O)C(C)OC(=O)c1ccc(-n2nc(C)c(CCC(=O)OC)c2C)cc1. The summed E-state index contributed by atoms with van der Waals surface area (Å²) >= 11 is 0. The lowest BCUT2D eigenvalue weighted by molar-refractivity contribution is -0.140. The van der Waals surface area contributed by atoms with E-state index < -0.39 is 12.1 Å². The highest BCUT2D eigenvalue weighted by Gasteiger charge is 2.19. The maximum absolute atomic E-state index is 12.2. The molecule has 8 heteroatoms. The molecule has 1 aromatic carbocycles. The number of amides is 1. The molecule has 156 valence electrons. The molecule has 1 atom stereocenters. The predicted molar refractivity (Wildman–Crippen MR) is 107 cm³/mol. The molecule has 0 saturated heterocycles. The monoisotopic (exact) mass is 401 g/mol. The smallest absolute Gasteiger partial charge is 0.338 e. The van der Waals surface area contributed by atoms with Gasteiger partial charge in [0.2, 0.25) is 0 Å². The largest absolute Gasteiger partial charge is 0.469 e. The minimum atomic E-state index is -0.865. The van der Waals surface area contributed by atoms with Crippen LogP contribution in [0.15, 0.2) is 24.3 Å². The number of ether oxygens (including phenoxy) is 2. The fourth-order valence-electron chi connectivity index (χ4n) is 2.96. The van der Waals surface area contributed by atoms with Crippen LogP contribution in [0.4, 0.5) is 0 Å². The molecule has 1 amide bonds. The van der Waals surface area contributed by atoms with Crippen molar-refractivity contribution in [2.45, 2.75) is 46.6 Å². The molecule has 0 radical (unpaired) electrons. The van der Waals surface area contributed by atoms with Crippen LogP contribution in [0.1, 0.15) is 47.6 Å². The van der Waals surface area contributed by atoms with E-state index in [9.17, 15) is 14.4 Å². The van der Waals surface area contributed by atoms with Gasteiger partial charge in [-0.2, -0.15) is 5.10 Å². The summed E-state index contributed by atoms with van der Waals surface area (Å²) in [6.45, 7) is 7.63. The Morgan fingerprint density at radius 3 is 2.41 bits per heavy atom. The number of nitrogens with zero attached hydrogens (tertiary/aromatic N) is 2. The van der Waals surface area contributed by atoms with Crippen molar-refractivity contribution in [3.8, 4) is 5.69 Å². The second-order valence-corrected chi connectivity index (χ2v) is 6.63. The van der Waals surface area contributed by atoms with E-state index >= 15 is 0 Å². The second kappa shape index (κ2) is 9.86. The van der Waals surface area contributed by atoms with Crippen LogP contribution in [0, 0.1) is 13.8 Å². The summed E-state index contributed by atoms with van der Waals surface area (Å²) in [6.07, 6.45) is -0.0271. The van der Waals surface area contributed by atoms with Crippen molar-refractivity contribution in [2.24, 2.45) is 0 Å². The first-order chi connectivity index (χ1) is 13.8. The number of carbonyl (C=O) groups is 3. The molecule has 0 aliphatic carbocycles. The van der Waals surface area contributed by atoms with Crippen molar-refractivity contribution < 1.29 is 23.9 Å². The number of nitrogens with one attached hydrogen (secondary N) is 1. The standard InChI is InChI=1S/C21H27N3O5/c1-6-22-20(26)15(4)29-21(27)16-7-9-17(10-8-16)24-14(3)18(13(2)23-24)11-12-19(25)28-5/h7-10,15H,6,11-12H2,1-5H3,(H,22,26). The van der Waals surface area contributed by atoms with Gasteiger partial charge in [0.25, 0.3) is 5.91 Å². The lowest BCUT2D eigenvalue weighted by Gasteiger charge is -2.13. The van der Waals surface area contributed by atoms with Crippen LogP contribution in [0.5, 0.6) is 0 Å². The van der Waals surface area contributed by atoms with E-state index in [0.29, 0.717) is 24.9 Å². The molecule has 0 fully saturated rings. The minimum absolute atomic E-state index is 0.263. The van der Waals surface area contributed by atoms with Crippen molar-refractivity contribution >= 4 is 17.8 Å². The van der Waals surface area contributed by atoms with Crippen molar-refractivity contribution in [3.63, 3.8) is 0 Å². The van der Waals surface area contributed by atoms with Crippen molar-refractivity contribution in [1.82, 2.24) is 15.1 Å². The normalized spacial score (nSPS) is 11.6. The Morgan fingerprint density at radius 1 is 1.17 bits per heavy atom. The molecule has 0 saturated carbocycles. The van der Waals surface area contributed by atoms with Crippen molar-refractivity contribution in [3.05, 3.63) is 46.8 Å². The highest BCUT2D eigenvalue weighted by molar-refractivity contribution is 5.92. The Bertz CT molecular complexity index is 886. The number of carbonyl (C=O) groups excluding carboxylic acids is 3. The molecule has 0 spiro atoms. The van der Waals surface area contributed by atoms with Gasteiger partial charge in [-0.1, -0.05) is 0 Å². The maximum Gasteiger partial charge on any atom is 0.338 e. The average molecular weight is 401 g/mol. The Kier molecular flexibility index (Phi) is 7.52. The van der Waals surface area contributed by atoms with E-state index in [1.54, 1.807) is 35.9 Å². The van der Waals surface area contributed by atoms with Gasteiger partial charge in [0.1, 0.15) is 0 Å². The summed E-state index contributed by atoms with van der Waals surface area (Å²) in [5, 5.41) is 7.16. The van der Waals surface area contributed by atoms with Crippen LogP contribution in [0.25, 0.3) is 5.69 Å². The number of likely N-dealkylation sites (N-methyl/N-ethyl adjacent to an activating group) is 1. The molecule has 0 bridgehead atoms. The molecular weight excluding hydrogens is 374 g/mol. The molecule has 2 aromatic rings. The van der Waals surface area contributed by atoms with E-state index in [0.717, 1.165) is 22.6 Å².